The van der Waals surface area contributed by atoms with Crippen LogP contribution >= 0.6 is 11.3 Å². The Hall–Kier alpha value is -2.90. The number of hydrogen-bond acceptors (Lipinski definition) is 6. The first-order valence-corrected chi connectivity index (χ1v) is 12.2. The Kier molecular flexibility index (Phi) is 6.08. The molecule has 2 aliphatic heterocycles. The number of nitrogens with zero attached hydrogens (tertiary/aromatic N) is 3. The summed E-state index contributed by atoms with van der Waals surface area (Å²) in [6.45, 7) is 4.91. The number of methoxy groups -OCH3 is 1. The van der Waals surface area contributed by atoms with Crippen molar-refractivity contribution in [1.82, 2.24) is 9.80 Å². The van der Waals surface area contributed by atoms with E-state index in [0.29, 0.717) is 6.04 Å². The van der Waals surface area contributed by atoms with Crippen molar-refractivity contribution in [3.8, 4) is 5.75 Å². The molecule has 5 rings (SSSR count). The van der Waals surface area contributed by atoms with E-state index in [9.17, 15) is 4.39 Å². The van der Waals surface area contributed by atoms with Gasteiger partial charge >= 0.3 is 0 Å². The number of aliphatic imine (C=N–C) groups is 1. The first-order chi connectivity index (χ1) is 16.0. The first kappa shape index (κ1) is 21.9. The lowest BCUT2D eigenvalue weighted by Crippen LogP contribution is -2.53. The van der Waals surface area contributed by atoms with Crippen LogP contribution in [0.15, 0.2) is 53.5 Å². The van der Waals surface area contributed by atoms with Gasteiger partial charge in [-0.25, -0.2) is 9.38 Å². The van der Waals surface area contributed by atoms with Gasteiger partial charge in [-0.15, -0.1) is 11.3 Å². The molecule has 172 valence electrons. The van der Waals surface area contributed by atoms with Crippen LogP contribution in [-0.4, -0.2) is 55.5 Å². The molecule has 0 aliphatic carbocycles. The van der Waals surface area contributed by atoms with Gasteiger partial charge in [0.1, 0.15) is 22.4 Å². The summed E-state index contributed by atoms with van der Waals surface area (Å²) in [5.41, 5.74) is 3.93. The Bertz CT molecular complexity index is 1170. The number of thiophene rings is 1. The molecule has 0 spiro atoms. The molecule has 0 saturated carbocycles. The van der Waals surface area contributed by atoms with E-state index in [-0.39, 0.29) is 5.82 Å². The zero-order valence-electron chi connectivity index (χ0n) is 19.3. The molecular formula is C26H29FN4OS. The molecule has 2 aliphatic rings. The summed E-state index contributed by atoms with van der Waals surface area (Å²) in [6, 6.07) is 15.7. The van der Waals surface area contributed by atoms with Gasteiger partial charge in [-0.2, -0.15) is 0 Å². The van der Waals surface area contributed by atoms with Crippen LogP contribution in [0.4, 0.5) is 20.8 Å². The molecule has 1 aromatic heterocycles. The van der Waals surface area contributed by atoms with Gasteiger partial charge in [-0.05, 0) is 68.8 Å². The number of piperazine rings is 1. The third kappa shape index (κ3) is 4.61. The standard InChI is InChI=1S/C26H29FN4OS/c1-17-14-22-25(28-23-11-7-19(27)15-24(23)29-26(22)33-17)31-13-12-30(2)20(16-31)8-4-18-5-9-21(32-3)10-6-18/h5-7,9-11,14-15,20,29H,4,8,12-13,16H2,1-3H3/t20-/m0/s1. The Balaban J connectivity index is 1.39. The molecule has 1 saturated heterocycles. The van der Waals surface area contributed by atoms with E-state index >= 15 is 0 Å². The van der Waals surface area contributed by atoms with E-state index < -0.39 is 0 Å². The lowest BCUT2D eigenvalue weighted by atomic mass is 10.0. The van der Waals surface area contributed by atoms with Gasteiger partial charge < -0.3 is 15.0 Å². The highest BCUT2D eigenvalue weighted by atomic mass is 32.1. The van der Waals surface area contributed by atoms with Crippen molar-refractivity contribution in [2.75, 3.05) is 39.1 Å². The predicted molar refractivity (Wildman–Crippen MR) is 134 cm³/mol. The SMILES string of the molecule is COc1ccc(CC[C@H]2CN(C3=Nc4ccc(F)cc4Nc4sc(C)cc43)CCN2C)cc1. The number of ether oxygens (including phenoxy) is 1. The van der Waals surface area contributed by atoms with Crippen molar-refractivity contribution in [2.24, 2.45) is 4.99 Å². The van der Waals surface area contributed by atoms with E-state index in [2.05, 4.69) is 47.3 Å². The third-order valence-corrected chi connectivity index (χ3v) is 7.50. The fourth-order valence-corrected chi connectivity index (χ4v) is 5.51. The Morgan fingerprint density at radius 1 is 1.15 bits per heavy atom. The maximum absolute atomic E-state index is 13.9. The molecule has 1 N–H and O–H groups in total. The zero-order chi connectivity index (χ0) is 22.9. The number of hydrogen-bond donors (Lipinski definition) is 1. The number of rotatable bonds is 4. The lowest BCUT2D eigenvalue weighted by molar-refractivity contribution is 0.134. The predicted octanol–water partition coefficient (Wildman–Crippen LogP) is 5.59. The molecule has 0 amide bonds. The van der Waals surface area contributed by atoms with Gasteiger partial charge in [-0.3, -0.25) is 4.90 Å². The van der Waals surface area contributed by atoms with E-state index in [1.807, 2.05) is 12.1 Å². The summed E-state index contributed by atoms with van der Waals surface area (Å²) in [5.74, 6) is 1.62. The van der Waals surface area contributed by atoms with Gasteiger partial charge in [0.15, 0.2) is 0 Å². The molecule has 5 nitrogen and oxygen atoms in total. The summed E-state index contributed by atoms with van der Waals surface area (Å²) >= 11 is 1.69. The topological polar surface area (TPSA) is 40.1 Å². The van der Waals surface area contributed by atoms with Crippen molar-refractivity contribution >= 4 is 33.5 Å². The highest BCUT2D eigenvalue weighted by molar-refractivity contribution is 7.16. The minimum atomic E-state index is -0.257. The number of aryl methyl sites for hydroxylation is 2. The number of nitrogens with one attached hydrogen (secondary N) is 1. The summed E-state index contributed by atoms with van der Waals surface area (Å²) in [6.07, 6.45) is 2.09. The van der Waals surface area contributed by atoms with Crippen LogP contribution in [0, 0.1) is 12.7 Å². The molecule has 3 aromatic rings. The Labute approximate surface area is 198 Å². The molecule has 33 heavy (non-hydrogen) atoms. The normalized spacial score (nSPS) is 18.1. The molecule has 2 aromatic carbocycles. The summed E-state index contributed by atoms with van der Waals surface area (Å²) in [5, 5.41) is 4.46. The number of likely N-dealkylation sites (N-methyl/N-ethyl adjacent to an activating group) is 1. The molecule has 3 heterocycles. The Morgan fingerprint density at radius 2 is 1.97 bits per heavy atom. The van der Waals surface area contributed by atoms with Crippen molar-refractivity contribution in [3.63, 3.8) is 0 Å². The number of benzene rings is 2. The maximum atomic E-state index is 13.9. The van der Waals surface area contributed by atoms with Crippen molar-refractivity contribution < 1.29 is 9.13 Å². The third-order valence-electron chi connectivity index (χ3n) is 6.53. The van der Waals surface area contributed by atoms with Crippen LogP contribution in [0.25, 0.3) is 0 Å². The van der Waals surface area contributed by atoms with Crippen molar-refractivity contribution in [1.29, 1.82) is 0 Å². The quantitative estimate of drug-likeness (QED) is 0.547. The minimum absolute atomic E-state index is 0.257. The van der Waals surface area contributed by atoms with Gasteiger partial charge in [-0.1, -0.05) is 12.1 Å². The second-order valence-corrected chi connectivity index (χ2v) is 10.0. The van der Waals surface area contributed by atoms with Crippen molar-refractivity contribution in [3.05, 3.63) is 70.4 Å². The maximum Gasteiger partial charge on any atom is 0.139 e. The second kappa shape index (κ2) is 9.15. The molecular weight excluding hydrogens is 435 g/mol. The van der Waals surface area contributed by atoms with Gasteiger partial charge in [0, 0.05) is 30.6 Å². The monoisotopic (exact) mass is 464 g/mol. The molecule has 7 heteroatoms. The van der Waals surface area contributed by atoms with Crippen LogP contribution in [-0.2, 0) is 6.42 Å². The Morgan fingerprint density at radius 3 is 2.76 bits per heavy atom. The van der Waals surface area contributed by atoms with Gasteiger partial charge in [0.2, 0.25) is 0 Å². The van der Waals surface area contributed by atoms with E-state index in [1.54, 1.807) is 24.5 Å². The number of anilines is 2. The summed E-state index contributed by atoms with van der Waals surface area (Å²) in [7, 11) is 3.91. The molecule has 1 atom stereocenters. The van der Waals surface area contributed by atoms with E-state index in [0.717, 1.165) is 66.0 Å². The smallest absolute Gasteiger partial charge is 0.139 e. The van der Waals surface area contributed by atoms with Crippen LogP contribution in [0.5, 0.6) is 5.75 Å². The fourth-order valence-electron chi connectivity index (χ4n) is 4.59. The van der Waals surface area contributed by atoms with Crippen LogP contribution in [0.3, 0.4) is 0 Å². The second-order valence-electron chi connectivity index (χ2n) is 8.79. The highest BCUT2D eigenvalue weighted by Gasteiger charge is 2.30. The number of amidine groups is 1. The molecule has 0 bridgehead atoms. The zero-order valence-corrected chi connectivity index (χ0v) is 20.1. The summed E-state index contributed by atoms with van der Waals surface area (Å²) < 4.78 is 19.2. The van der Waals surface area contributed by atoms with E-state index in [1.165, 1.54) is 22.6 Å². The number of halogens is 1. The van der Waals surface area contributed by atoms with Gasteiger partial charge in [0.25, 0.3) is 0 Å². The largest absolute Gasteiger partial charge is 0.497 e. The van der Waals surface area contributed by atoms with Gasteiger partial charge in [0.05, 0.1) is 24.0 Å². The van der Waals surface area contributed by atoms with Crippen molar-refractivity contribution in [2.45, 2.75) is 25.8 Å². The number of fused-ring (bicyclic) bond motifs is 2. The first-order valence-electron chi connectivity index (χ1n) is 11.3. The molecule has 0 radical (unpaired) electrons. The van der Waals surface area contributed by atoms with Crippen LogP contribution in [0.1, 0.15) is 22.4 Å². The van der Waals surface area contributed by atoms with Crippen LogP contribution in [0.2, 0.25) is 0 Å². The summed E-state index contributed by atoms with van der Waals surface area (Å²) in [4.78, 5) is 11.1. The average Bonchev–Trinajstić information content (AvgIpc) is 3.11. The minimum Gasteiger partial charge on any atom is -0.497 e. The highest BCUT2D eigenvalue weighted by Crippen LogP contribution is 2.39. The molecule has 0 unspecified atom stereocenters. The van der Waals surface area contributed by atoms with Crippen LogP contribution < -0.4 is 10.1 Å². The van der Waals surface area contributed by atoms with E-state index in [4.69, 9.17) is 9.73 Å². The molecule has 1 fully saturated rings. The lowest BCUT2D eigenvalue weighted by Gasteiger charge is -2.41. The fraction of sp³-hybridized carbons (Fsp3) is 0.346. The average molecular weight is 465 g/mol.